The summed E-state index contributed by atoms with van der Waals surface area (Å²) in [5.41, 5.74) is 6.16. The summed E-state index contributed by atoms with van der Waals surface area (Å²) in [7, 11) is 1.58. The van der Waals surface area contributed by atoms with Crippen molar-refractivity contribution in [2.45, 2.75) is 0 Å². The Hall–Kier alpha value is -1.50. The van der Waals surface area contributed by atoms with Crippen LogP contribution in [0.15, 0.2) is 24.3 Å². The molecule has 0 aliphatic rings. The summed E-state index contributed by atoms with van der Waals surface area (Å²) in [5.74, 6) is 6.45. The zero-order valence-corrected chi connectivity index (χ0v) is 8.12. The van der Waals surface area contributed by atoms with Crippen LogP contribution in [0.1, 0.15) is 5.56 Å². The number of hydrogen-bond donors (Lipinski definition) is 1. The minimum atomic E-state index is 0.244. The molecule has 0 bridgehead atoms. The number of nitrogens with two attached hydrogens (primary N) is 1. The summed E-state index contributed by atoms with van der Waals surface area (Å²) in [4.78, 5) is 0. The van der Waals surface area contributed by atoms with Crippen LogP contribution in [-0.2, 0) is 4.74 Å². The molecule has 74 valence electrons. The van der Waals surface area contributed by atoms with Crippen molar-refractivity contribution in [2.75, 3.05) is 20.4 Å². The van der Waals surface area contributed by atoms with Gasteiger partial charge in [-0.1, -0.05) is 17.9 Å². The van der Waals surface area contributed by atoms with Crippen molar-refractivity contribution >= 4 is 0 Å². The molecule has 0 radical (unpaired) electrons. The van der Waals surface area contributed by atoms with Gasteiger partial charge in [-0.3, -0.25) is 0 Å². The second kappa shape index (κ2) is 6.03. The Kier molecular flexibility index (Phi) is 4.56. The van der Waals surface area contributed by atoms with Gasteiger partial charge in [0, 0.05) is 12.7 Å². The molecule has 1 aromatic carbocycles. The van der Waals surface area contributed by atoms with Crippen LogP contribution in [0.4, 0.5) is 0 Å². The zero-order valence-electron chi connectivity index (χ0n) is 8.12. The molecule has 0 heterocycles. The maximum absolute atomic E-state index is 5.27. The number of methoxy groups -OCH3 is 1. The van der Waals surface area contributed by atoms with E-state index in [2.05, 4.69) is 11.8 Å². The number of ether oxygens (including phenoxy) is 2. The molecule has 1 aromatic rings. The van der Waals surface area contributed by atoms with Gasteiger partial charge in [0.1, 0.15) is 5.75 Å². The van der Waals surface area contributed by atoms with Gasteiger partial charge in [-0.15, -0.1) is 0 Å². The second-order valence-electron chi connectivity index (χ2n) is 2.58. The lowest BCUT2D eigenvalue weighted by atomic mass is 10.2. The summed E-state index contributed by atoms with van der Waals surface area (Å²) in [5, 5.41) is 0. The Morgan fingerprint density at radius 1 is 1.43 bits per heavy atom. The van der Waals surface area contributed by atoms with Crippen molar-refractivity contribution < 1.29 is 9.47 Å². The van der Waals surface area contributed by atoms with Gasteiger partial charge in [0.25, 0.3) is 0 Å². The van der Waals surface area contributed by atoms with Crippen LogP contribution >= 0.6 is 0 Å². The van der Waals surface area contributed by atoms with Crippen LogP contribution in [0.25, 0.3) is 0 Å². The predicted molar refractivity (Wildman–Crippen MR) is 54.9 cm³/mol. The van der Waals surface area contributed by atoms with Crippen LogP contribution in [0.5, 0.6) is 5.75 Å². The summed E-state index contributed by atoms with van der Waals surface area (Å²) < 4.78 is 10.0. The van der Waals surface area contributed by atoms with Gasteiger partial charge >= 0.3 is 0 Å². The Labute approximate surface area is 83.8 Å². The maximum Gasteiger partial charge on any atom is 0.188 e. The van der Waals surface area contributed by atoms with E-state index >= 15 is 0 Å². The highest BCUT2D eigenvalue weighted by atomic mass is 16.7. The molecular weight excluding hydrogens is 178 g/mol. The summed E-state index contributed by atoms with van der Waals surface area (Å²) in [6, 6.07) is 7.49. The fraction of sp³-hybridized carbons (Fsp3) is 0.273. The van der Waals surface area contributed by atoms with E-state index in [1.165, 1.54) is 0 Å². The van der Waals surface area contributed by atoms with E-state index in [4.69, 9.17) is 15.2 Å². The van der Waals surface area contributed by atoms with Crippen LogP contribution in [0, 0.1) is 11.8 Å². The highest BCUT2D eigenvalue weighted by molar-refractivity contribution is 5.39. The van der Waals surface area contributed by atoms with Gasteiger partial charge < -0.3 is 15.2 Å². The predicted octanol–water partition coefficient (Wildman–Crippen LogP) is 0.980. The Balaban J connectivity index is 2.68. The number of benzene rings is 1. The molecule has 1 rings (SSSR count). The van der Waals surface area contributed by atoms with Crippen molar-refractivity contribution in [1.82, 2.24) is 0 Å². The number of hydrogen-bond acceptors (Lipinski definition) is 3. The zero-order chi connectivity index (χ0) is 10.2. The third kappa shape index (κ3) is 3.48. The molecule has 2 N–H and O–H groups in total. The molecule has 3 nitrogen and oxygen atoms in total. The molecular formula is C11H13NO2. The second-order valence-corrected chi connectivity index (χ2v) is 2.58. The van der Waals surface area contributed by atoms with E-state index in [1.807, 2.05) is 24.3 Å². The normalized spacial score (nSPS) is 9.00. The van der Waals surface area contributed by atoms with Crippen molar-refractivity contribution in [3.8, 4) is 17.6 Å². The molecule has 0 amide bonds. The van der Waals surface area contributed by atoms with Crippen LogP contribution in [-0.4, -0.2) is 20.4 Å². The fourth-order valence-electron chi connectivity index (χ4n) is 0.944. The summed E-state index contributed by atoms with van der Waals surface area (Å²) in [6.45, 7) is 0.608. The third-order valence-corrected chi connectivity index (χ3v) is 1.51. The van der Waals surface area contributed by atoms with E-state index in [0.29, 0.717) is 6.54 Å². The van der Waals surface area contributed by atoms with Gasteiger partial charge in [0.15, 0.2) is 6.79 Å². The van der Waals surface area contributed by atoms with Crippen molar-refractivity contribution in [1.29, 1.82) is 0 Å². The van der Waals surface area contributed by atoms with Crippen LogP contribution < -0.4 is 10.5 Å². The first-order chi connectivity index (χ1) is 6.86. The molecule has 0 aromatic heterocycles. The monoisotopic (exact) mass is 191 g/mol. The van der Waals surface area contributed by atoms with Crippen molar-refractivity contribution in [3.63, 3.8) is 0 Å². The Bertz CT molecular complexity index is 339. The fourth-order valence-corrected chi connectivity index (χ4v) is 0.944. The van der Waals surface area contributed by atoms with E-state index in [9.17, 15) is 0 Å². The lowest BCUT2D eigenvalue weighted by Gasteiger charge is -2.03. The first-order valence-electron chi connectivity index (χ1n) is 4.27. The summed E-state index contributed by atoms with van der Waals surface area (Å²) in [6.07, 6.45) is 0. The van der Waals surface area contributed by atoms with Gasteiger partial charge in [-0.05, 0) is 18.2 Å². The van der Waals surface area contributed by atoms with Gasteiger partial charge in [0.05, 0.1) is 6.54 Å². The largest absolute Gasteiger partial charge is 0.468 e. The average molecular weight is 191 g/mol. The molecule has 0 atom stereocenters. The molecule has 0 aliphatic heterocycles. The Morgan fingerprint density at radius 2 is 2.29 bits per heavy atom. The first kappa shape index (κ1) is 10.6. The molecule has 14 heavy (non-hydrogen) atoms. The quantitative estimate of drug-likeness (QED) is 0.572. The third-order valence-electron chi connectivity index (χ3n) is 1.51. The van der Waals surface area contributed by atoms with Crippen molar-refractivity contribution in [3.05, 3.63) is 29.8 Å². The van der Waals surface area contributed by atoms with Gasteiger partial charge in [-0.25, -0.2) is 0 Å². The molecule has 3 heteroatoms. The average Bonchev–Trinajstić information content (AvgIpc) is 2.24. The summed E-state index contributed by atoms with van der Waals surface area (Å²) >= 11 is 0. The SMILES string of the molecule is COCOc1cccc(C#CCN)c1. The van der Waals surface area contributed by atoms with E-state index < -0.39 is 0 Å². The standard InChI is InChI=1S/C11H13NO2/c1-13-9-14-11-6-2-4-10(8-11)5-3-7-12/h2,4,6,8H,7,9,12H2,1H3. The smallest absolute Gasteiger partial charge is 0.188 e. The van der Waals surface area contributed by atoms with Gasteiger partial charge in [-0.2, -0.15) is 0 Å². The topological polar surface area (TPSA) is 44.5 Å². The van der Waals surface area contributed by atoms with E-state index in [-0.39, 0.29) is 6.79 Å². The van der Waals surface area contributed by atoms with Gasteiger partial charge in [0.2, 0.25) is 0 Å². The molecule has 0 aliphatic carbocycles. The van der Waals surface area contributed by atoms with Crippen LogP contribution in [0.3, 0.4) is 0 Å². The van der Waals surface area contributed by atoms with Crippen molar-refractivity contribution in [2.24, 2.45) is 5.73 Å². The highest BCUT2D eigenvalue weighted by Crippen LogP contribution is 2.12. The number of rotatable bonds is 3. The Morgan fingerprint density at radius 3 is 3.00 bits per heavy atom. The minimum Gasteiger partial charge on any atom is -0.468 e. The lowest BCUT2D eigenvalue weighted by molar-refractivity contribution is 0.0511. The van der Waals surface area contributed by atoms with E-state index in [0.717, 1.165) is 11.3 Å². The lowest BCUT2D eigenvalue weighted by Crippen LogP contribution is -1.98. The minimum absolute atomic E-state index is 0.244. The molecule has 0 saturated carbocycles. The molecule has 0 saturated heterocycles. The molecule has 0 fully saturated rings. The van der Waals surface area contributed by atoms with Crippen LogP contribution in [0.2, 0.25) is 0 Å². The molecule has 0 spiro atoms. The maximum atomic E-state index is 5.27. The highest BCUT2D eigenvalue weighted by Gasteiger charge is 1.93. The molecule has 0 unspecified atom stereocenters. The first-order valence-corrected chi connectivity index (χ1v) is 4.27. The van der Waals surface area contributed by atoms with E-state index in [1.54, 1.807) is 7.11 Å².